The van der Waals surface area contributed by atoms with Crippen LogP contribution in [0.5, 0.6) is 5.75 Å². The van der Waals surface area contributed by atoms with Gasteiger partial charge in [0.25, 0.3) is 0 Å². The van der Waals surface area contributed by atoms with Crippen molar-refractivity contribution in [2.45, 2.75) is 19.4 Å². The molecule has 0 saturated carbocycles. The average molecular weight is 332 g/mol. The van der Waals surface area contributed by atoms with Gasteiger partial charge in [0.15, 0.2) is 0 Å². The summed E-state index contributed by atoms with van der Waals surface area (Å²) in [6.07, 6.45) is 1.72. The Labute approximate surface area is 142 Å². The predicted molar refractivity (Wildman–Crippen MR) is 92.4 cm³/mol. The van der Waals surface area contributed by atoms with E-state index in [1.165, 1.54) is 0 Å². The van der Waals surface area contributed by atoms with E-state index in [9.17, 15) is 4.79 Å². The average Bonchev–Trinajstić information content (AvgIpc) is 2.63. The lowest BCUT2D eigenvalue weighted by molar-refractivity contribution is 0.0697. The molecule has 130 valence electrons. The van der Waals surface area contributed by atoms with Gasteiger partial charge in [-0.2, -0.15) is 0 Å². The predicted octanol–water partition coefficient (Wildman–Crippen LogP) is 3.37. The van der Waals surface area contributed by atoms with Gasteiger partial charge in [0.1, 0.15) is 5.75 Å². The second-order valence-electron chi connectivity index (χ2n) is 5.00. The van der Waals surface area contributed by atoms with Crippen LogP contribution in [0.25, 0.3) is 0 Å². The first-order chi connectivity index (χ1) is 11.7. The Bertz CT molecular complexity index is 566. The lowest BCUT2D eigenvalue weighted by Crippen LogP contribution is -1.96. The molecule has 2 aromatic carbocycles. The largest absolute Gasteiger partial charge is 0.497 e. The first-order valence-corrected chi connectivity index (χ1v) is 7.77. The number of ether oxygens (including phenoxy) is 2. The number of rotatable bonds is 8. The highest BCUT2D eigenvalue weighted by Crippen LogP contribution is 2.11. The third kappa shape index (κ3) is 8.31. The molecule has 0 unspecified atom stereocenters. The van der Waals surface area contributed by atoms with E-state index in [2.05, 4.69) is 0 Å². The van der Waals surface area contributed by atoms with E-state index in [0.29, 0.717) is 18.8 Å². The van der Waals surface area contributed by atoms with Crippen LogP contribution in [0.2, 0.25) is 0 Å². The number of unbranched alkanes of at least 4 members (excludes halogenated alkanes) is 1. The molecule has 0 heterocycles. The number of hydrogen-bond acceptors (Lipinski definition) is 4. The topological polar surface area (TPSA) is 76.0 Å². The Morgan fingerprint density at radius 1 is 1.00 bits per heavy atom. The summed E-state index contributed by atoms with van der Waals surface area (Å²) in [7, 11) is 1.65. The molecule has 5 heteroatoms. The first kappa shape index (κ1) is 19.7. The molecule has 2 rings (SSSR count). The Kier molecular flexibility index (Phi) is 9.92. The molecule has 0 aliphatic rings. The smallest absolute Gasteiger partial charge is 0.335 e. The van der Waals surface area contributed by atoms with Crippen LogP contribution in [-0.4, -0.2) is 36.5 Å². The van der Waals surface area contributed by atoms with Crippen molar-refractivity contribution in [1.82, 2.24) is 0 Å². The van der Waals surface area contributed by atoms with Crippen molar-refractivity contribution in [2.24, 2.45) is 0 Å². The van der Waals surface area contributed by atoms with Gasteiger partial charge in [0.05, 0.1) is 19.3 Å². The van der Waals surface area contributed by atoms with E-state index in [-0.39, 0.29) is 6.61 Å². The highest BCUT2D eigenvalue weighted by molar-refractivity contribution is 5.87. The minimum absolute atomic E-state index is 0.242. The fourth-order valence-electron chi connectivity index (χ4n) is 1.81. The van der Waals surface area contributed by atoms with Gasteiger partial charge in [-0.3, -0.25) is 0 Å². The summed E-state index contributed by atoms with van der Waals surface area (Å²) < 4.78 is 10.5. The molecule has 0 bridgehead atoms. The molecule has 0 aliphatic carbocycles. The summed E-state index contributed by atoms with van der Waals surface area (Å²) >= 11 is 0. The number of benzene rings is 2. The molecule has 5 nitrogen and oxygen atoms in total. The molecule has 0 saturated heterocycles. The summed E-state index contributed by atoms with van der Waals surface area (Å²) in [6, 6.07) is 16.1. The maximum absolute atomic E-state index is 10.2. The summed E-state index contributed by atoms with van der Waals surface area (Å²) in [5.74, 6) is -0.0189. The second-order valence-corrected chi connectivity index (χ2v) is 5.00. The normalized spacial score (nSPS) is 9.75. The lowest BCUT2D eigenvalue weighted by atomic mass is 10.2. The van der Waals surface area contributed by atoms with Crippen LogP contribution in [0.15, 0.2) is 54.6 Å². The van der Waals surface area contributed by atoms with Crippen LogP contribution in [0.4, 0.5) is 0 Å². The summed E-state index contributed by atoms with van der Waals surface area (Å²) in [5.41, 5.74) is 1.47. The Morgan fingerprint density at radius 2 is 1.67 bits per heavy atom. The van der Waals surface area contributed by atoms with Crippen molar-refractivity contribution in [3.8, 4) is 5.75 Å². The molecule has 0 aromatic heterocycles. The number of hydrogen-bond donors (Lipinski definition) is 2. The Balaban J connectivity index is 0.000000272. The SMILES string of the molecule is COc1ccc(COCCCCO)cc1.O=C(O)c1ccccc1. The van der Waals surface area contributed by atoms with Gasteiger partial charge in [-0.15, -0.1) is 0 Å². The maximum atomic E-state index is 10.2. The minimum Gasteiger partial charge on any atom is -0.497 e. The van der Waals surface area contributed by atoms with Crippen LogP contribution in [-0.2, 0) is 11.3 Å². The van der Waals surface area contributed by atoms with E-state index in [4.69, 9.17) is 19.7 Å². The van der Waals surface area contributed by atoms with Crippen molar-refractivity contribution in [3.63, 3.8) is 0 Å². The highest BCUT2D eigenvalue weighted by atomic mass is 16.5. The van der Waals surface area contributed by atoms with E-state index in [1.807, 2.05) is 24.3 Å². The number of carboxylic acids is 1. The van der Waals surface area contributed by atoms with Crippen LogP contribution in [0, 0.1) is 0 Å². The van der Waals surface area contributed by atoms with E-state index in [0.717, 1.165) is 24.2 Å². The van der Waals surface area contributed by atoms with Crippen LogP contribution >= 0.6 is 0 Å². The molecule has 0 radical (unpaired) electrons. The summed E-state index contributed by atoms with van der Waals surface area (Å²) in [6.45, 7) is 1.56. The number of carbonyl (C=O) groups is 1. The molecule has 0 atom stereocenters. The molecule has 0 fully saturated rings. The van der Waals surface area contributed by atoms with Crippen molar-refractivity contribution >= 4 is 5.97 Å². The molecule has 0 spiro atoms. The minimum atomic E-state index is -0.879. The summed E-state index contributed by atoms with van der Waals surface area (Å²) in [5, 5.41) is 17.0. The van der Waals surface area contributed by atoms with Crippen molar-refractivity contribution in [1.29, 1.82) is 0 Å². The van der Waals surface area contributed by atoms with Gasteiger partial charge < -0.3 is 19.7 Å². The van der Waals surface area contributed by atoms with Crippen LogP contribution in [0.1, 0.15) is 28.8 Å². The van der Waals surface area contributed by atoms with Gasteiger partial charge in [-0.1, -0.05) is 30.3 Å². The second kappa shape index (κ2) is 12.1. The van der Waals surface area contributed by atoms with Crippen molar-refractivity contribution in [3.05, 3.63) is 65.7 Å². The molecule has 24 heavy (non-hydrogen) atoms. The summed E-state index contributed by atoms with van der Waals surface area (Å²) in [4.78, 5) is 10.2. The number of methoxy groups -OCH3 is 1. The van der Waals surface area contributed by atoms with E-state index >= 15 is 0 Å². The van der Waals surface area contributed by atoms with Crippen LogP contribution < -0.4 is 4.74 Å². The van der Waals surface area contributed by atoms with E-state index < -0.39 is 5.97 Å². The van der Waals surface area contributed by atoms with Gasteiger partial charge in [-0.25, -0.2) is 4.79 Å². The lowest BCUT2D eigenvalue weighted by Gasteiger charge is -2.04. The standard InChI is InChI=1S/C12H18O3.C7H6O2/c1-14-12-6-4-11(5-7-12)10-15-9-3-2-8-13;8-7(9)6-4-2-1-3-5-6/h4-7,13H,2-3,8-10H2,1H3;1-5H,(H,8,9). The molecular formula is C19H24O5. The van der Waals surface area contributed by atoms with E-state index in [1.54, 1.807) is 37.4 Å². The third-order valence-corrected chi connectivity index (χ3v) is 3.15. The van der Waals surface area contributed by atoms with Crippen molar-refractivity contribution in [2.75, 3.05) is 20.3 Å². The molecular weight excluding hydrogens is 308 g/mol. The fourth-order valence-corrected chi connectivity index (χ4v) is 1.81. The molecule has 2 aromatic rings. The quantitative estimate of drug-likeness (QED) is 0.725. The monoisotopic (exact) mass is 332 g/mol. The Morgan fingerprint density at radius 3 is 2.17 bits per heavy atom. The van der Waals surface area contributed by atoms with Gasteiger partial charge in [-0.05, 0) is 42.7 Å². The Hall–Kier alpha value is -2.37. The number of aliphatic hydroxyl groups is 1. The zero-order valence-electron chi connectivity index (χ0n) is 13.9. The van der Waals surface area contributed by atoms with Gasteiger partial charge in [0.2, 0.25) is 0 Å². The first-order valence-electron chi connectivity index (χ1n) is 7.77. The third-order valence-electron chi connectivity index (χ3n) is 3.15. The molecule has 0 amide bonds. The maximum Gasteiger partial charge on any atom is 0.335 e. The molecule has 2 N–H and O–H groups in total. The zero-order chi connectivity index (χ0) is 17.6. The number of carboxylic acid groups (broad SMARTS) is 1. The van der Waals surface area contributed by atoms with Gasteiger partial charge in [0, 0.05) is 13.2 Å². The number of aromatic carboxylic acids is 1. The number of aliphatic hydroxyl groups excluding tert-OH is 1. The van der Waals surface area contributed by atoms with Crippen LogP contribution in [0.3, 0.4) is 0 Å². The van der Waals surface area contributed by atoms with Gasteiger partial charge >= 0.3 is 5.97 Å². The highest BCUT2D eigenvalue weighted by Gasteiger charge is 1.96. The fraction of sp³-hybridized carbons (Fsp3) is 0.316. The molecule has 0 aliphatic heterocycles. The zero-order valence-corrected chi connectivity index (χ0v) is 13.9. The van der Waals surface area contributed by atoms with Crippen molar-refractivity contribution < 1.29 is 24.5 Å².